The van der Waals surface area contributed by atoms with E-state index >= 15 is 0 Å². The normalized spacial score (nSPS) is 25.0. The summed E-state index contributed by atoms with van der Waals surface area (Å²) in [6.07, 6.45) is 7.75. The summed E-state index contributed by atoms with van der Waals surface area (Å²) in [6.45, 7) is 0. The molecule has 1 fully saturated rings. The van der Waals surface area contributed by atoms with Crippen LogP contribution in [0.2, 0.25) is 0 Å². The van der Waals surface area contributed by atoms with Gasteiger partial charge in [0, 0.05) is 12.4 Å². The predicted molar refractivity (Wildman–Crippen MR) is 67.1 cm³/mol. The van der Waals surface area contributed by atoms with Crippen molar-refractivity contribution in [1.29, 1.82) is 0 Å². The molecule has 90 valence electrons. The van der Waals surface area contributed by atoms with E-state index in [9.17, 15) is 5.11 Å². The molecule has 2 heterocycles. The average Bonchev–Trinajstić information content (AvgIpc) is 2.81. The van der Waals surface area contributed by atoms with Gasteiger partial charge in [-0.2, -0.15) is 0 Å². The van der Waals surface area contributed by atoms with Crippen LogP contribution < -0.4 is 5.32 Å². The molecule has 2 atom stereocenters. The van der Waals surface area contributed by atoms with Crippen LogP contribution in [0.5, 0.6) is 0 Å². The lowest BCUT2D eigenvalue weighted by molar-refractivity contribution is 0.116. The lowest BCUT2D eigenvalue weighted by atomic mass is 9.92. The number of nitrogens with zero attached hydrogens (tertiary/aromatic N) is 2. The van der Waals surface area contributed by atoms with Crippen LogP contribution in [0.3, 0.4) is 0 Å². The van der Waals surface area contributed by atoms with Crippen LogP contribution in [0.15, 0.2) is 30.6 Å². The summed E-state index contributed by atoms with van der Waals surface area (Å²) >= 11 is 0. The minimum Gasteiger partial charge on any atom is -0.391 e. The predicted octanol–water partition coefficient (Wildman–Crippen LogP) is 2.05. The topological polar surface area (TPSA) is 49.6 Å². The van der Waals surface area contributed by atoms with E-state index in [1.165, 1.54) is 6.42 Å². The molecule has 0 bridgehead atoms. The molecule has 2 N–H and O–H groups in total. The van der Waals surface area contributed by atoms with Crippen LogP contribution in [0.1, 0.15) is 25.7 Å². The maximum Gasteiger partial charge on any atom is 0.138 e. The summed E-state index contributed by atoms with van der Waals surface area (Å²) in [5, 5.41) is 13.4. The monoisotopic (exact) mass is 231 g/mol. The zero-order valence-electron chi connectivity index (χ0n) is 9.71. The summed E-state index contributed by atoms with van der Waals surface area (Å²) in [5.74, 6) is 1.01. The van der Waals surface area contributed by atoms with E-state index in [4.69, 9.17) is 0 Å². The van der Waals surface area contributed by atoms with E-state index in [0.29, 0.717) is 0 Å². The standard InChI is InChI=1S/C13H17N3O/c17-11-5-2-1-4-10(11)15-13-7-3-6-12-14-8-9-16(12)13/h3,6-11,15,17H,1-2,4-5H2. The highest BCUT2D eigenvalue weighted by molar-refractivity contribution is 5.50. The smallest absolute Gasteiger partial charge is 0.138 e. The van der Waals surface area contributed by atoms with Gasteiger partial charge in [0.1, 0.15) is 11.5 Å². The highest BCUT2D eigenvalue weighted by Gasteiger charge is 2.23. The number of nitrogens with one attached hydrogen (secondary N) is 1. The van der Waals surface area contributed by atoms with Crippen LogP contribution in [0.25, 0.3) is 5.65 Å². The Hall–Kier alpha value is -1.55. The number of aromatic nitrogens is 2. The number of anilines is 1. The van der Waals surface area contributed by atoms with Crippen LogP contribution in [0.4, 0.5) is 5.82 Å². The van der Waals surface area contributed by atoms with Gasteiger partial charge in [0.25, 0.3) is 0 Å². The molecule has 2 unspecified atom stereocenters. The van der Waals surface area contributed by atoms with Gasteiger partial charge in [-0.15, -0.1) is 0 Å². The van der Waals surface area contributed by atoms with Gasteiger partial charge in [0.15, 0.2) is 0 Å². The molecule has 1 aliphatic rings. The van der Waals surface area contributed by atoms with E-state index < -0.39 is 0 Å². The van der Waals surface area contributed by atoms with Crippen LogP contribution in [-0.4, -0.2) is 26.6 Å². The van der Waals surface area contributed by atoms with Crippen molar-refractivity contribution in [2.45, 2.75) is 37.8 Å². The van der Waals surface area contributed by atoms with Crippen LogP contribution >= 0.6 is 0 Å². The van der Waals surface area contributed by atoms with Crippen LogP contribution in [0, 0.1) is 0 Å². The second-order valence-electron chi connectivity index (χ2n) is 4.67. The molecular formula is C13H17N3O. The Labute approximate surface area is 100 Å². The van der Waals surface area contributed by atoms with Crippen molar-refractivity contribution in [1.82, 2.24) is 9.38 Å². The third-order valence-corrected chi connectivity index (χ3v) is 3.49. The van der Waals surface area contributed by atoms with Gasteiger partial charge >= 0.3 is 0 Å². The van der Waals surface area contributed by atoms with Gasteiger partial charge < -0.3 is 10.4 Å². The average molecular weight is 231 g/mol. The Bertz CT molecular complexity index is 508. The fourth-order valence-corrected chi connectivity index (χ4v) is 2.53. The van der Waals surface area contributed by atoms with E-state index in [2.05, 4.69) is 10.3 Å². The molecule has 0 aliphatic heterocycles. The van der Waals surface area contributed by atoms with Gasteiger partial charge in [-0.25, -0.2) is 4.98 Å². The molecule has 0 radical (unpaired) electrons. The van der Waals surface area contributed by atoms with Crippen LogP contribution in [-0.2, 0) is 0 Å². The summed E-state index contributed by atoms with van der Waals surface area (Å²) in [7, 11) is 0. The Morgan fingerprint density at radius 3 is 3.06 bits per heavy atom. The van der Waals surface area contributed by atoms with Crippen molar-refractivity contribution in [3.8, 4) is 0 Å². The molecule has 3 rings (SSSR count). The molecule has 1 saturated carbocycles. The first kappa shape index (κ1) is 10.6. The molecule has 4 nitrogen and oxygen atoms in total. The number of hydrogen-bond donors (Lipinski definition) is 2. The van der Waals surface area contributed by atoms with Gasteiger partial charge in [0.2, 0.25) is 0 Å². The first-order valence-electron chi connectivity index (χ1n) is 6.21. The van der Waals surface area contributed by atoms with E-state index in [1.807, 2.05) is 28.8 Å². The molecule has 0 spiro atoms. The highest BCUT2D eigenvalue weighted by atomic mass is 16.3. The van der Waals surface area contributed by atoms with Gasteiger partial charge in [-0.3, -0.25) is 4.40 Å². The van der Waals surface area contributed by atoms with E-state index in [0.717, 1.165) is 30.7 Å². The third kappa shape index (κ3) is 2.00. The van der Waals surface area contributed by atoms with Crippen molar-refractivity contribution in [2.24, 2.45) is 0 Å². The SMILES string of the molecule is OC1CCCCC1Nc1cccc2nccn12. The Balaban J connectivity index is 1.86. The van der Waals surface area contributed by atoms with E-state index in [1.54, 1.807) is 6.20 Å². The molecule has 1 aliphatic carbocycles. The number of fused-ring (bicyclic) bond motifs is 1. The lowest BCUT2D eigenvalue weighted by Gasteiger charge is -2.29. The zero-order valence-corrected chi connectivity index (χ0v) is 9.71. The second-order valence-corrected chi connectivity index (χ2v) is 4.67. The summed E-state index contributed by atoms with van der Waals surface area (Å²) in [4.78, 5) is 4.25. The number of aliphatic hydroxyl groups is 1. The minimum absolute atomic E-state index is 0.164. The van der Waals surface area contributed by atoms with Crippen molar-refractivity contribution < 1.29 is 5.11 Å². The summed E-state index contributed by atoms with van der Waals surface area (Å²) in [6, 6.07) is 6.15. The minimum atomic E-state index is -0.234. The van der Waals surface area contributed by atoms with Gasteiger partial charge in [0.05, 0.1) is 12.1 Å². The Kier molecular flexibility index (Phi) is 2.73. The molecule has 0 saturated heterocycles. The van der Waals surface area contributed by atoms with Gasteiger partial charge in [-0.05, 0) is 25.0 Å². The zero-order chi connectivity index (χ0) is 11.7. The van der Waals surface area contributed by atoms with Crippen molar-refractivity contribution in [2.75, 3.05) is 5.32 Å². The highest BCUT2D eigenvalue weighted by Crippen LogP contribution is 2.22. The van der Waals surface area contributed by atoms with Crippen molar-refractivity contribution in [3.05, 3.63) is 30.6 Å². The molecular weight excluding hydrogens is 214 g/mol. The number of aliphatic hydroxyl groups excluding tert-OH is 1. The molecule has 4 heteroatoms. The van der Waals surface area contributed by atoms with Crippen molar-refractivity contribution in [3.63, 3.8) is 0 Å². The maximum absolute atomic E-state index is 9.97. The van der Waals surface area contributed by atoms with E-state index in [-0.39, 0.29) is 12.1 Å². The molecule has 0 aromatic carbocycles. The Morgan fingerprint density at radius 2 is 2.18 bits per heavy atom. The number of imidazole rings is 1. The first-order valence-corrected chi connectivity index (χ1v) is 6.21. The number of hydrogen-bond acceptors (Lipinski definition) is 3. The van der Waals surface area contributed by atoms with Gasteiger partial charge in [-0.1, -0.05) is 18.9 Å². The fourth-order valence-electron chi connectivity index (χ4n) is 2.53. The molecule has 2 aromatic heterocycles. The molecule has 0 amide bonds. The van der Waals surface area contributed by atoms with Crippen molar-refractivity contribution >= 4 is 11.5 Å². The molecule has 2 aromatic rings. The summed E-state index contributed by atoms with van der Waals surface area (Å²) in [5.41, 5.74) is 0.931. The number of rotatable bonds is 2. The maximum atomic E-state index is 9.97. The largest absolute Gasteiger partial charge is 0.391 e. The first-order chi connectivity index (χ1) is 8.34. The fraction of sp³-hybridized carbons (Fsp3) is 0.462. The quantitative estimate of drug-likeness (QED) is 0.831. The summed E-state index contributed by atoms with van der Waals surface area (Å²) < 4.78 is 2.02. The molecule has 17 heavy (non-hydrogen) atoms. The number of pyridine rings is 1. The second kappa shape index (κ2) is 4.37. The third-order valence-electron chi connectivity index (χ3n) is 3.49. The lowest BCUT2D eigenvalue weighted by Crippen LogP contribution is -2.36. The Morgan fingerprint density at radius 1 is 1.29 bits per heavy atom.